The average Bonchev–Trinajstić information content (AvgIpc) is 3.09. The predicted octanol–water partition coefficient (Wildman–Crippen LogP) is 5.97. The molecule has 0 radical (unpaired) electrons. The SMILES string of the molecule is CC(C)c1ccc(-n2c3ccccc3c3ccccc32)s1. The number of hydrogen-bond donors (Lipinski definition) is 0. The number of rotatable bonds is 2. The molecule has 0 fully saturated rings. The number of aromatic nitrogens is 1. The number of thiophene rings is 1. The van der Waals surface area contributed by atoms with Crippen molar-refractivity contribution in [2.24, 2.45) is 0 Å². The summed E-state index contributed by atoms with van der Waals surface area (Å²) in [7, 11) is 0. The van der Waals surface area contributed by atoms with Crippen LogP contribution in [0.2, 0.25) is 0 Å². The van der Waals surface area contributed by atoms with E-state index in [9.17, 15) is 0 Å². The molecule has 2 heterocycles. The Balaban J connectivity index is 2.09. The normalized spacial score (nSPS) is 11.8. The molecule has 0 aliphatic heterocycles. The standard InChI is InChI=1S/C19H17NS/c1-13(2)18-11-12-19(21-18)20-16-9-5-3-7-14(16)15-8-4-6-10-17(15)20/h3-13H,1-2H3. The van der Waals surface area contributed by atoms with Crippen molar-refractivity contribution in [3.05, 3.63) is 65.5 Å². The molecule has 4 rings (SSSR count). The third-order valence-corrected chi connectivity index (χ3v) is 5.35. The molecule has 21 heavy (non-hydrogen) atoms. The van der Waals surface area contributed by atoms with Crippen LogP contribution in [0.3, 0.4) is 0 Å². The summed E-state index contributed by atoms with van der Waals surface area (Å²) in [6.07, 6.45) is 0. The van der Waals surface area contributed by atoms with E-state index in [1.165, 1.54) is 31.7 Å². The van der Waals surface area contributed by atoms with Gasteiger partial charge in [0.25, 0.3) is 0 Å². The highest BCUT2D eigenvalue weighted by Crippen LogP contribution is 2.35. The highest BCUT2D eigenvalue weighted by molar-refractivity contribution is 7.14. The van der Waals surface area contributed by atoms with Crippen LogP contribution in [-0.2, 0) is 0 Å². The molecule has 0 unspecified atom stereocenters. The molecule has 0 saturated heterocycles. The molecule has 0 N–H and O–H groups in total. The molecule has 2 aromatic carbocycles. The van der Waals surface area contributed by atoms with Crippen LogP contribution in [0.1, 0.15) is 24.6 Å². The zero-order chi connectivity index (χ0) is 14.4. The molecule has 4 aromatic rings. The van der Waals surface area contributed by atoms with Gasteiger partial charge < -0.3 is 4.57 Å². The van der Waals surface area contributed by atoms with Crippen molar-refractivity contribution in [1.29, 1.82) is 0 Å². The van der Waals surface area contributed by atoms with Gasteiger partial charge >= 0.3 is 0 Å². The summed E-state index contributed by atoms with van der Waals surface area (Å²) >= 11 is 1.89. The Morgan fingerprint density at radius 3 is 1.86 bits per heavy atom. The molecule has 0 aliphatic rings. The van der Waals surface area contributed by atoms with Crippen molar-refractivity contribution in [1.82, 2.24) is 4.57 Å². The van der Waals surface area contributed by atoms with Gasteiger partial charge in [-0.05, 0) is 30.2 Å². The van der Waals surface area contributed by atoms with Crippen LogP contribution < -0.4 is 0 Å². The van der Waals surface area contributed by atoms with Gasteiger partial charge in [0.1, 0.15) is 5.00 Å². The van der Waals surface area contributed by atoms with E-state index in [2.05, 4.69) is 79.1 Å². The summed E-state index contributed by atoms with van der Waals surface area (Å²) in [5, 5.41) is 3.95. The maximum Gasteiger partial charge on any atom is 0.100 e. The van der Waals surface area contributed by atoms with Crippen molar-refractivity contribution in [2.75, 3.05) is 0 Å². The predicted molar refractivity (Wildman–Crippen MR) is 92.7 cm³/mol. The topological polar surface area (TPSA) is 4.93 Å². The van der Waals surface area contributed by atoms with Crippen molar-refractivity contribution in [2.45, 2.75) is 19.8 Å². The number of nitrogens with zero attached hydrogens (tertiary/aromatic N) is 1. The highest BCUT2D eigenvalue weighted by Gasteiger charge is 2.13. The van der Waals surface area contributed by atoms with Crippen LogP contribution in [0, 0.1) is 0 Å². The van der Waals surface area contributed by atoms with Gasteiger partial charge in [0, 0.05) is 15.6 Å². The molecule has 2 heteroatoms. The van der Waals surface area contributed by atoms with E-state index in [0.717, 1.165) is 0 Å². The van der Waals surface area contributed by atoms with Gasteiger partial charge in [-0.15, -0.1) is 11.3 Å². The van der Waals surface area contributed by atoms with Gasteiger partial charge in [-0.2, -0.15) is 0 Å². The van der Waals surface area contributed by atoms with Crippen molar-refractivity contribution in [3.63, 3.8) is 0 Å². The molecular weight excluding hydrogens is 274 g/mol. The molecule has 0 aliphatic carbocycles. The molecule has 0 amide bonds. The van der Waals surface area contributed by atoms with E-state index in [0.29, 0.717) is 5.92 Å². The van der Waals surface area contributed by atoms with E-state index in [-0.39, 0.29) is 0 Å². The Hall–Kier alpha value is -2.06. The lowest BCUT2D eigenvalue weighted by Crippen LogP contribution is -1.89. The molecule has 1 nitrogen and oxygen atoms in total. The Morgan fingerprint density at radius 2 is 1.33 bits per heavy atom. The highest BCUT2D eigenvalue weighted by atomic mass is 32.1. The van der Waals surface area contributed by atoms with E-state index in [1.54, 1.807) is 0 Å². The maximum atomic E-state index is 2.39. The number of hydrogen-bond acceptors (Lipinski definition) is 1. The lowest BCUT2D eigenvalue weighted by atomic mass is 10.2. The fraction of sp³-hybridized carbons (Fsp3) is 0.158. The summed E-state index contributed by atoms with van der Waals surface area (Å²) in [6.45, 7) is 4.50. The summed E-state index contributed by atoms with van der Waals surface area (Å²) in [6, 6.07) is 21.8. The Labute approximate surface area is 128 Å². The van der Waals surface area contributed by atoms with Crippen molar-refractivity contribution >= 4 is 33.1 Å². The summed E-state index contributed by atoms with van der Waals surface area (Å²) in [5.74, 6) is 0.580. The second kappa shape index (κ2) is 4.74. The van der Waals surface area contributed by atoms with Crippen LogP contribution >= 0.6 is 11.3 Å². The van der Waals surface area contributed by atoms with Gasteiger partial charge in [0.15, 0.2) is 0 Å². The number of para-hydroxylation sites is 2. The number of fused-ring (bicyclic) bond motifs is 3. The van der Waals surface area contributed by atoms with E-state index in [1.807, 2.05) is 11.3 Å². The van der Waals surface area contributed by atoms with Crippen LogP contribution in [-0.4, -0.2) is 4.57 Å². The van der Waals surface area contributed by atoms with E-state index >= 15 is 0 Å². The summed E-state index contributed by atoms with van der Waals surface area (Å²) in [5.41, 5.74) is 2.58. The molecule has 0 bridgehead atoms. The minimum atomic E-state index is 0.580. The average molecular weight is 291 g/mol. The van der Waals surface area contributed by atoms with Crippen molar-refractivity contribution < 1.29 is 0 Å². The van der Waals surface area contributed by atoms with Gasteiger partial charge in [-0.1, -0.05) is 50.2 Å². The maximum absolute atomic E-state index is 2.39. The summed E-state index contributed by atoms with van der Waals surface area (Å²) < 4.78 is 2.39. The molecule has 0 saturated carbocycles. The van der Waals surface area contributed by atoms with Gasteiger partial charge in [-0.3, -0.25) is 0 Å². The second-order valence-corrected chi connectivity index (χ2v) is 6.79. The zero-order valence-corrected chi connectivity index (χ0v) is 13.0. The Kier molecular flexibility index (Phi) is 2.86. The van der Waals surface area contributed by atoms with Crippen LogP contribution in [0.15, 0.2) is 60.7 Å². The first-order chi connectivity index (χ1) is 10.3. The van der Waals surface area contributed by atoms with E-state index < -0.39 is 0 Å². The van der Waals surface area contributed by atoms with E-state index in [4.69, 9.17) is 0 Å². The lowest BCUT2D eigenvalue weighted by Gasteiger charge is -2.04. The molecule has 0 spiro atoms. The fourth-order valence-electron chi connectivity index (χ4n) is 2.93. The van der Waals surface area contributed by atoms with Gasteiger partial charge in [0.05, 0.1) is 11.0 Å². The van der Waals surface area contributed by atoms with Crippen LogP contribution in [0.5, 0.6) is 0 Å². The van der Waals surface area contributed by atoms with Crippen LogP contribution in [0.25, 0.3) is 26.8 Å². The largest absolute Gasteiger partial charge is 0.301 e. The zero-order valence-electron chi connectivity index (χ0n) is 12.2. The molecule has 104 valence electrons. The summed E-state index contributed by atoms with van der Waals surface area (Å²) in [4.78, 5) is 1.44. The minimum Gasteiger partial charge on any atom is -0.301 e. The minimum absolute atomic E-state index is 0.580. The second-order valence-electron chi connectivity index (χ2n) is 5.70. The van der Waals surface area contributed by atoms with Crippen molar-refractivity contribution in [3.8, 4) is 5.00 Å². The third-order valence-electron chi connectivity index (χ3n) is 3.98. The molecular formula is C19H17NS. The fourth-order valence-corrected chi connectivity index (χ4v) is 3.97. The quantitative estimate of drug-likeness (QED) is 0.429. The molecule has 0 atom stereocenters. The monoisotopic (exact) mass is 291 g/mol. The lowest BCUT2D eigenvalue weighted by molar-refractivity contribution is 0.890. The molecule has 2 aromatic heterocycles. The first-order valence-corrected chi connectivity index (χ1v) is 8.15. The van der Waals surface area contributed by atoms with Crippen LogP contribution in [0.4, 0.5) is 0 Å². The first kappa shape index (κ1) is 12.7. The smallest absolute Gasteiger partial charge is 0.100 e. The Morgan fingerprint density at radius 1 is 0.762 bits per heavy atom. The first-order valence-electron chi connectivity index (χ1n) is 7.34. The third kappa shape index (κ3) is 1.90. The van der Waals surface area contributed by atoms with Gasteiger partial charge in [0.2, 0.25) is 0 Å². The Bertz CT molecular complexity index is 874. The van der Waals surface area contributed by atoms with Gasteiger partial charge in [-0.25, -0.2) is 0 Å². The number of benzene rings is 2.